The van der Waals surface area contributed by atoms with E-state index in [0.717, 1.165) is 16.9 Å². The number of amides is 1. The minimum Gasteiger partial charge on any atom is -0.480 e. The van der Waals surface area contributed by atoms with Crippen molar-refractivity contribution in [2.75, 3.05) is 26.3 Å². The first-order valence-corrected chi connectivity index (χ1v) is 13.9. The molecule has 0 unspecified atom stereocenters. The molecule has 2 aliphatic rings. The number of morpholine rings is 1. The van der Waals surface area contributed by atoms with E-state index in [9.17, 15) is 23.1 Å². The lowest BCUT2D eigenvalue weighted by Crippen LogP contribution is -2.53. The summed E-state index contributed by atoms with van der Waals surface area (Å²) in [5.74, 6) is -1.54. The van der Waals surface area contributed by atoms with Crippen LogP contribution in [0.3, 0.4) is 0 Å². The normalized spacial score (nSPS) is 24.0. The fraction of sp³-hybridized carbons (Fsp3) is 0.280. The number of thiophene rings is 1. The zero-order valence-corrected chi connectivity index (χ0v) is 21.4. The Morgan fingerprint density at radius 1 is 1.11 bits per heavy atom. The molecule has 3 aromatic rings. The predicted molar refractivity (Wildman–Crippen MR) is 136 cm³/mol. The van der Waals surface area contributed by atoms with Crippen molar-refractivity contribution in [1.82, 2.24) is 9.62 Å². The van der Waals surface area contributed by atoms with Gasteiger partial charge in [0.1, 0.15) is 16.4 Å². The average molecular weight is 547 g/mol. The molecule has 8 nitrogen and oxygen atoms in total. The quantitative estimate of drug-likeness (QED) is 0.448. The van der Waals surface area contributed by atoms with Crippen LogP contribution in [-0.4, -0.2) is 62.1 Å². The fourth-order valence-electron chi connectivity index (χ4n) is 4.81. The van der Waals surface area contributed by atoms with Gasteiger partial charge in [0, 0.05) is 28.4 Å². The molecule has 1 amide bonds. The number of carbonyl (C=O) groups is 2. The molecule has 36 heavy (non-hydrogen) atoms. The number of hydrogen-bond donors (Lipinski definition) is 2. The van der Waals surface area contributed by atoms with Crippen LogP contribution in [-0.2, 0) is 29.8 Å². The SMILES string of the molecule is O=C1COCCN1C[C@@]1(c2ccccc2)C[C@]1(NS(=O)(=O)c1ccc(-c2ccc(Cl)cc2)s1)C(=O)O. The highest BCUT2D eigenvalue weighted by Gasteiger charge is 2.75. The molecule has 0 bridgehead atoms. The Morgan fingerprint density at radius 3 is 2.50 bits per heavy atom. The van der Waals surface area contributed by atoms with Gasteiger partial charge in [-0.2, -0.15) is 4.72 Å². The molecule has 0 spiro atoms. The second kappa shape index (κ2) is 9.28. The number of carboxylic acid groups (broad SMARTS) is 1. The number of benzene rings is 2. The highest BCUT2D eigenvalue weighted by atomic mass is 35.5. The van der Waals surface area contributed by atoms with E-state index in [-0.39, 0.29) is 29.7 Å². The van der Waals surface area contributed by atoms with E-state index in [0.29, 0.717) is 28.6 Å². The molecule has 1 aliphatic carbocycles. The van der Waals surface area contributed by atoms with Crippen LogP contribution in [0.4, 0.5) is 0 Å². The number of ether oxygens (including phenoxy) is 1. The molecular weight excluding hydrogens is 524 g/mol. The number of rotatable bonds is 8. The second-order valence-electron chi connectivity index (χ2n) is 8.93. The predicted octanol–water partition coefficient (Wildman–Crippen LogP) is 3.37. The number of nitrogens with one attached hydrogen (secondary N) is 1. The van der Waals surface area contributed by atoms with Crippen molar-refractivity contribution < 1.29 is 27.9 Å². The van der Waals surface area contributed by atoms with Crippen molar-refractivity contribution in [3.05, 3.63) is 77.3 Å². The first-order valence-electron chi connectivity index (χ1n) is 11.2. The Labute approximate surface area is 217 Å². The number of aliphatic carboxylic acids is 1. The summed E-state index contributed by atoms with van der Waals surface area (Å²) in [5, 5.41) is 10.9. The van der Waals surface area contributed by atoms with Crippen molar-refractivity contribution in [1.29, 1.82) is 0 Å². The molecule has 188 valence electrons. The van der Waals surface area contributed by atoms with Crippen molar-refractivity contribution in [3.63, 3.8) is 0 Å². The molecule has 2 atom stereocenters. The van der Waals surface area contributed by atoms with Gasteiger partial charge in [-0.05, 0) is 41.8 Å². The van der Waals surface area contributed by atoms with E-state index in [1.807, 2.05) is 0 Å². The molecule has 0 radical (unpaired) electrons. The van der Waals surface area contributed by atoms with Crippen LogP contribution in [0.5, 0.6) is 0 Å². The summed E-state index contributed by atoms with van der Waals surface area (Å²) in [7, 11) is -4.20. The summed E-state index contributed by atoms with van der Waals surface area (Å²) >= 11 is 7.00. The summed E-state index contributed by atoms with van der Waals surface area (Å²) < 4.78 is 34.7. The van der Waals surface area contributed by atoms with Crippen LogP contribution in [0.1, 0.15) is 12.0 Å². The third kappa shape index (κ3) is 4.33. The van der Waals surface area contributed by atoms with Crippen molar-refractivity contribution in [3.8, 4) is 10.4 Å². The van der Waals surface area contributed by atoms with Crippen molar-refractivity contribution in [2.45, 2.75) is 21.6 Å². The topological polar surface area (TPSA) is 113 Å². The number of nitrogens with zero attached hydrogens (tertiary/aromatic N) is 1. The van der Waals surface area contributed by atoms with Gasteiger partial charge in [-0.15, -0.1) is 11.3 Å². The Morgan fingerprint density at radius 2 is 1.83 bits per heavy atom. The maximum Gasteiger partial charge on any atom is 0.325 e. The lowest BCUT2D eigenvalue weighted by atomic mass is 9.89. The summed E-state index contributed by atoms with van der Waals surface area (Å²) in [4.78, 5) is 27.4. The first kappa shape index (κ1) is 24.9. The highest BCUT2D eigenvalue weighted by molar-refractivity contribution is 7.91. The number of hydrogen-bond acceptors (Lipinski definition) is 6. The Balaban J connectivity index is 1.49. The van der Waals surface area contributed by atoms with E-state index in [1.165, 1.54) is 6.07 Å². The largest absolute Gasteiger partial charge is 0.480 e. The highest BCUT2D eigenvalue weighted by Crippen LogP contribution is 2.59. The fourth-order valence-corrected chi connectivity index (χ4v) is 7.67. The van der Waals surface area contributed by atoms with Gasteiger partial charge in [-0.3, -0.25) is 9.59 Å². The Bertz CT molecular complexity index is 1410. The number of halogens is 1. The van der Waals surface area contributed by atoms with Gasteiger partial charge in [-0.25, -0.2) is 8.42 Å². The first-order chi connectivity index (χ1) is 17.2. The van der Waals surface area contributed by atoms with Gasteiger partial charge in [0.15, 0.2) is 0 Å². The van der Waals surface area contributed by atoms with Crippen LogP contribution >= 0.6 is 22.9 Å². The third-order valence-corrected chi connectivity index (χ3v) is 10.2. The standard InChI is InChI=1S/C25H23ClN2O6S2/c26-19-8-6-17(7-9-19)20-10-11-22(35-20)36(32,33)27-25(23(30)31)15-24(25,18-4-2-1-3-5-18)16-28-12-13-34-14-21(28)29/h1-11,27H,12-16H2,(H,30,31)/t24-,25+/m1/s1. The minimum absolute atomic E-state index is 0.00406. The lowest BCUT2D eigenvalue weighted by molar-refractivity contribution is -0.145. The maximum atomic E-state index is 13.5. The van der Waals surface area contributed by atoms with Gasteiger partial charge < -0.3 is 14.7 Å². The van der Waals surface area contributed by atoms with Crippen LogP contribution in [0, 0.1) is 0 Å². The van der Waals surface area contributed by atoms with Crippen LogP contribution in [0.25, 0.3) is 10.4 Å². The van der Waals surface area contributed by atoms with Crippen LogP contribution < -0.4 is 4.72 Å². The number of carboxylic acids is 1. The van der Waals surface area contributed by atoms with E-state index in [2.05, 4.69) is 4.72 Å². The minimum atomic E-state index is -4.20. The molecule has 11 heteroatoms. The molecule has 2 N–H and O–H groups in total. The molecular formula is C25H23ClN2O6S2. The zero-order valence-electron chi connectivity index (χ0n) is 19.0. The summed E-state index contributed by atoms with van der Waals surface area (Å²) in [6.45, 7) is 0.629. The monoisotopic (exact) mass is 546 g/mol. The van der Waals surface area contributed by atoms with Crippen molar-refractivity contribution in [2.24, 2.45) is 0 Å². The Kier molecular flexibility index (Phi) is 6.42. The summed E-state index contributed by atoms with van der Waals surface area (Å²) in [6, 6.07) is 19.0. The summed E-state index contributed by atoms with van der Waals surface area (Å²) in [6.07, 6.45) is 0.0125. The number of carbonyl (C=O) groups excluding carboxylic acids is 1. The smallest absolute Gasteiger partial charge is 0.325 e. The lowest BCUT2D eigenvalue weighted by Gasteiger charge is -2.33. The van der Waals surface area contributed by atoms with E-state index in [4.69, 9.17) is 16.3 Å². The maximum absolute atomic E-state index is 13.5. The summed E-state index contributed by atoms with van der Waals surface area (Å²) in [5.41, 5.74) is -1.48. The number of sulfonamides is 1. The zero-order chi connectivity index (χ0) is 25.6. The molecule has 5 rings (SSSR count). The second-order valence-corrected chi connectivity index (χ2v) is 12.4. The van der Waals surface area contributed by atoms with Crippen LogP contribution in [0.15, 0.2) is 70.9 Å². The molecule has 2 heterocycles. The Hall–Kier alpha value is -2.76. The molecule has 2 aromatic carbocycles. The van der Waals surface area contributed by atoms with E-state index >= 15 is 0 Å². The van der Waals surface area contributed by atoms with Gasteiger partial charge in [0.05, 0.1) is 6.61 Å². The van der Waals surface area contributed by atoms with Gasteiger partial charge in [0.25, 0.3) is 10.0 Å². The van der Waals surface area contributed by atoms with Gasteiger partial charge in [0.2, 0.25) is 5.91 Å². The van der Waals surface area contributed by atoms with Crippen molar-refractivity contribution >= 4 is 44.8 Å². The van der Waals surface area contributed by atoms with Crippen LogP contribution in [0.2, 0.25) is 5.02 Å². The molecule has 2 fully saturated rings. The van der Waals surface area contributed by atoms with E-state index in [1.54, 1.807) is 65.6 Å². The third-order valence-electron chi connectivity index (χ3n) is 6.78. The molecule has 1 saturated carbocycles. The average Bonchev–Trinajstić information content (AvgIpc) is 3.23. The molecule has 1 saturated heterocycles. The molecule has 1 aromatic heterocycles. The molecule has 1 aliphatic heterocycles. The van der Waals surface area contributed by atoms with E-state index < -0.39 is 26.9 Å². The van der Waals surface area contributed by atoms with Gasteiger partial charge >= 0.3 is 5.97 Å². The van der Waals surface area contributed by atoms with Gasteiger partial charge in [-0.1, -0.05) is 54.1 Å².